The van der Waals surface area contributed by atoms with Crippen molar-refractivity contribution < 1.29 is 18.7 Å². The highest BCUT2D eigenvalue weighted by molar-refractivity contribution is 6.32. The van der Waals surface area contributed by atoms with Crippen LogP contribution < -0.4 is 15.0 Å². The third-order valence-electron chi connectivity index (χ3n) is 4.15. The number of hydrogen-bond donors (Lipinski definition) is 1. The fourth-order valence-electron chi connectivity index (χ4n) is 2.92. The van der Waals surface area contributed by atoms with Crippen molar-refractivity contribution in [3.8, 4) is 5.75 Å². The number of halogens is 2. The van der Waals surface area contributed by atoms with Crippen molar-refractivity contribution >= 4 is 34.8 Å². The molecule has 26 heavy (non-hydrogen) atoms. The number of amides is 2. The van der Waals surface area contributed by atoms with Gasteiger partial charge in [0.05, 0.1) is 28.9 Å². The Morgan fingerprint density at radius 1 is 1.31 bits per heavy atom. The summed E-state index contributed by atoms with van der Waals surface area (Å²) in [4.78, 5) is 26.2. The van der Waals surface area contributed by atoms with Crippen molar-refractivity contribution in [2.45, 2.75) is 13.3 Å². The molecule has 0 saturated carbocycles. The molecule has 1 atom stereocenters. The smallest absolute Gasteiger partial charge is 0.229 e. The van der Waals surface area contributed by atoms with E-state index in [-0.39, 0.29) is 30.5 Å². The van der Waals surface area contributed by atoms with E-state index in [0.29, 0.717) is 23.1 Å². The van der Waals surface area contributed by atoms with Crippen molar-refractivity contribution in [3.05, 3.63) is 53.3 Å². The summed E-state index contributed by atoms with van der Waals surface area (Å²) in [7, 11) is 0. The van der Waals surface area contributed by atoms with Gasteiger partial charge < -0.3 is 15.0 Å². The zero-order chi connectivity index (χ0) is 18.7. The maximum atomic E-state index is 13.9. The van der Waals surface area contributed by atoms with Gasteiger partial charge in [-0.1, -0.05) is 29.8 Å². The molecule has 136 valence electrons. The van der Waals surface area contributed by atoms with Gasteiger partial charge in [0, 0.05) is 13.0 Å². The second kappa shape index (κ2) is 7.74. The lowest BCUT2D eigenvalue weighted by Crippen LogP contribution is -2.28. The first-order chi connectivity index (χ1) is 12.5. The van der Waals surface area contributed by atoms with Gasteiger partial charge in [-0.25, -0.2) is 4.39 Å². The lowest BCUT2D eigenvalue weighted by atomic mass is 10.1. The van der Waals surface area contributed by atoms with E-state index in [9.17, 15) is 14.0 Å². The number of ether oxygens (including phenoxy) is 1. The van der Waals surface area contributed by atoms with E-state index >= 15 is 0 Å². The maximum absolute atomic E-state index is 13.9. The number of nitrogens with one attached hydrogen (secondary N) is 1. The Hall–Kier alpha value is -2.60. The Bertz CT molecular complexity index is 843. The van der Waals surface area contributed by atoms with Gasteiger partial charge in [0.15, 0.2) is 5.75 Å². The molecule has 0 aliphatic carbocycles. The molecule has 0 spiro atoms. The summed E-state index contributed by atoms with van der Waals surface area (Å²) in [6.07, 6.45) is 0.0186. The van der Waals surface area contributed by atoms with Crippen molar-refractivity contribution in [1.29, 1.82) is 0 Å². The number of carbonyl (C=O) groups is 2. The van der Waals surface area contributed by atoms with E-state index in [1.54, 1.807) is 30.3 Å². The van der Waals surface area contributed by atoms with E-state index in [1.165, 1.54) is 17.0 Å². The Labute approximate surface area is 155 Å². The highest BCUT2D eigenvalue weighted by Crippen LogP contribution is 2.34. The zero-order valence-corrected chi connectivity index (χ0v) is 14.9. The fraction of sp³-hybridized carbons (Fsp3) is 0.263. The largest absolute Gasteiger partial charge is 0.490 e. The summed E-state index contributed by atoms with van der Waals surface area (Å²) in [5.74, 6) is -1.31. The summed E-state index contributed by atoms with van der Waals surface area (Å²) >= 11 is 6.11. The second-order valence-corrected chi connectivity index (χ2v) is 6.30. The fourth-order valence-corrected chi connectivity index (χ4v) is 3.15. The Morgan fingerprint density at radius 2 is 2.08 bits per heavy atom. The highest BCUT2D eigenvalue weighted by Gasteiger charge is 2.36. The molecular formula is C19H18ClFN2O3. The van der Waals surface area contributed by atoms with E-state index in [2.05, 4.69) is 5.32 Å². The third kappa shape index (κ3) is 3.65. The van der Waals surface area contributed by atoms with E-state index in [0.717, 1.165) is 0 Å². The van der Waals surface area contributed by atoms with E-state index in [4.69, 9.17) is 16.3 Å². The van der Waals surface area contributed by atoms with Crippen LogP contribution in [0.3, 0.4) is 0 Å². The van der Waals surface area contributed by atoms with Crippen molar-refractivity contribution in [2.24, 2.45) is 5.92 Å². The number of para-hydroxylation sites is 2. The highest BCUT2D eigenvalue weighted by atomic mass is 35.5. The Kier molecular flexibility index (Phi) is 5.42. The normalized spacial score (nSPS) is 16.7. The van der Waals surface area contributed by atoms with Crippen LogP contribution in [0.25, 0.3) is 0 Å². The van der Waals surface area contributed by atoms with Crippen molar-refractivity contribution in [1.82, 2.24) is 0 Å². The minimum Gasteiger partial charge on any atom is -0.490 e. The number of nitrogens with zero attached hydrogens (tertiary/aromatic N) is 1. The van der Waals surface area contributed by atoms with Gasteiger partial charge in [0.1, 0.15) is 5.82 Å². The van der Waals surface area contributed by atoms with Crippen LogP contribution in [0.1, 0.15) is 13.3 Å². The lowest BCUT2D eigenvalue weighted by Gasteiger charge is -2.18. The molecule has 0 bridgehead atoms. The van der Waals surface area contributed by atoms with E-state index in [1.807, 2.05) is 6.92 Å². The molecule has 5 nitrogen and oxygen atoms in total. The molecule has 1 fully saturated rings. The molecule has 7 heteroatoms. The van der Waals surface area contributed by atoms with E-state index < -0.39 is 11.7 Å². The zero-order valence-electron chi connectivity index (χ0n) is 14.2. The van der Waals surface area contributed by atoms with Crippen LogP contribution in [0.15, 0.2) is 42.5 Å². The van der Waals surface area contributed by atoms with Gasteiger partial charge in [-0.15, -0.1) is 0 Å². The number of rotatable bonds is 5. The lowest BCUT2D eigenvalue weighted by molar-refractivity contribution is -0.122. The minimum atomic E-state index is -0.587. The molecule has 1 aliphatic rings. The van der Waals surface area contributed by atoms with Crippen LogP contribution >= 0.6 is 11.6 Å². The van der Waals surface area contributed by atoms with Crippen LogP contribution in [0.5, 0.6) is 5.75 Å². The van der Waals surface area contributed by atoms with Crippen molar-refractivity contribution in [2.75, 3.05) is 23.4 Å². The standard InChI is InChI=1S/C19H18ClFN2O3/c1-2-26-18-13(20)6-5-8-15(18)22-19(25)12-10-17(24)23(11-12)16-9-4-3-7-14(16)21/h3-9,12H,2,10-11H2,1H3,(H,22,25). The molecule has 2 aromatic rings. The minimum absolute atomic E-state index is 0.0186. The molecular weight excluding hydrogens is 359 g/mol. The van der Waals surface area contributed by atoms with Gasteiger partial charge in [-0.05, 0) is 31.2 Å². The van der Waals surface area contributed by atoms with Crippen LogP contribution in [-0.4, -0.2) is 25.0 Å². The predicted molar refractivity (Wildman–Crippen MR) is 98.1 cm³/mol. The first-order valence-corrected chi connectivity index (χ1v) is 8.66. The van der Waals surface area contributed by atoms with Crippen LogP contribution in [0.4, 0.5) is 15.8 Å². The van der Waals surface area contributed by atoms with Gasteiger partial charge in [0.25, 0.3) is 0 Å². The molecule has 0 aromatic heterocycles. The molecule has 1 unspecified atom stereocenters. The van der Waals surface area contributed by atoms with Gasteiger partial charge in [-0.3, -0.25) is 9.59 Å². The maximum Gasteiger partial charge on any atom is 0.229 e. The molecule has 1 saturated heterocycles. The summed E-state index contributed by atoms with van der Waals surface area (Å²) < 4.78 is 19.4. The van der Waals surface area contributed by atoms with Crippen LogP contribution in [-0.2, 0) is 9.59 Å². The predicted octanol–water partition coefficient (Wildman–Crippen LogP) is 3.87. The quantitative estimate of drug-likeness (QED) is 0.861. The van der Waals surface area contributed by atoms with Crippen molar-refractivity contribution in [3.63, 3.8) is 0 Å². The third-order valence-corrected chi connectivity index (χ3v) is 4.45. The first kappa shape index (κ1) is 18.2. The number of hydrogen-bond acceptors (Lipinski definition) is 3. The first-order valence-electron chi connectivity index (χ1n) is 8.28. The Balaban J connectivity index is 1.75. The number of benzene rings is 2. The van der Waals surface area contributed by atoms with Gasteiger partial charge in [-0.2, -0.15) is 0 Å². The average molecular weight is 377 g/mol. The van der Waals surface area contributed by atoms with Crippen LogP contribution in [0.2, 0.25) is 5.02 Å². The molecule has 1 N–H and O–H groups in total. The summed E-state index contributed by atoms with van der Waals surface area (Å²) in [5.41, 5.74) is 0.631. The van der Waals surface area contributed by atoms with Crippen LogP contribution in [0, 0.1) is 11.7 Å². The molecule has 1 heterocycles. The molecule has 0 radical (unpaired) electrons. The molecule has 2 aromatic carbocycles. The van der Waals surface area contributed by atoms with Gasteiger partial charge in [0.2, 0.25) is 11.8 Å². The number of carbonyl (C=O) groups excluding carboxylic acids is 2. The average Bonchev–Trinajstić information content (AvgIpc) is 3.00. The summed E-state index contributed by atoms with van der Waals surface area (Å²) in [6.45, 7) is 2.34. The Morgan fingerprint density at radius 3 is 2.81 bits per heavy atom. The molecule has 1 aliphatic heterocycles. The second-order valence-electron chi connectivity index (χ2n) is 5.90. The van der Waals surface area contributed by atoms with Gasteiger partial charge >= 0.3 is 0 Å². The topological polar surface area (TPSA) is 58.6 Å². The number of anilines is 2. The monoisotopic (exact) mass is 376 g/mol. The summed E-state index contributed by atoms with van der Waals surface area (Å²) in [5, 5.41) is 3.15. The SMILES string of the molecule is CCOc1c(Cl)cccc1NC(=O)C1CC(=O)N(c2ccccc2F)C1. The summed E-state index contributed by atoms with van der Waals surface area (Å²) in [6, 6.07) is 11.1. The molecule has 2 amide bonds. The molecule has 3 rings (SSSR count).